The van der Waals surface area contributed by atoms with E-state index in [9.17, 15) is 4.79 Å². The Kier molecular flexibility index (Phi) is 4.86. The van der Waals surface area contributed by atoms with Crippen molar-refractivity contribution in [1.29, 1.82) is 0 Å². The number of hydrogen-bond acceptors (Lipinski definition) is 2. The summed E-state index contributed by atoms with van der Waals surface area (Å²) in [6.45, 7) is 9.10. The fraction of sp³-hybridized carbons (Fsp3) is 0.350. The molecule has 2 amide bonds. The van der Waals surface area contributed by atoms with Crippen molar-refractivity contribution in [3.05, 3.63) is 64.2 Å². The van der Waals surface area contributed by atoms with Crippen molar-refractivity contribution in [2.75, 3.05) is 17.6 Å². The van der Waals surface area contributed by atoms with Gasteiger partial charge in [-0.05, 0) is 50.5 Å². The summed E-state index contributed by atoms with van der Waals surface area (Å²) in [6, 6.07) is 12.6. The number of carbonyl (C=O) groups excluding carboxylic acids is 1. The minimum atomic E-state index is -0.0167. The molecule has 3 rings (SSSR count). The van der Waals surface area contributed by atoms with Crippen LogP contribution >= 0.6 is 11.8 Å². The molecule has 24 heavy (non-hydrogen) atoms. The lowest BCUT2D eigenvalue weighted by Crippen LogP contribution is -2.34. The number of carbonyl (C=O) groups is 1. The zero-order chi connectivity index (χ0) is 17.3. The lowest BCUT2D eigenvalue weighted by Gasteiger charge is -2.26. The van der Waals surface area contributed by atoms with Gasteiger partial charge >= 0.3 is 6.03 Å². The van der Waals surface area contributed by atoms with E-state index in [1.54, 1.807) is 0 Å². The second-order valence-electron chi connectivity index (χ2n) is 6.53. The summed E-state index contributed by atoms with van der Waals surface area (Å²) >= 11 is 1.83. The molecule has 0 aromatic heterocycles. The summed E-state index contributed by atoms with van der Waals surface area (Å²) in [7, 11) is 0. The third-order valence-electron chi connectivity index (χ3n) is 4.47. The Morgan fingerprint density at radius 1 is 1.04 bits per heavy atom. The third-order valence-corrected chi connectivity index (χ3v) is 5.71. The van der Waals surface area contributed by atoms with Gasteiger partial charge < -0.3 is 10.2 Å². The predicted molar refractivity (Wildman–Crippen MR) is 103 cm³/mol. The highest BCUT2D eigenvalue weighted by Crippen LogP contribution is 2.39. The van der Waals surface area contributed by atoms with Gasteiger partial charge in [0.1, 0.15) is 5.37 Å². The van der Waals surface area contributed by atoms with E-state index in [4.69, 9.17) is 0 Å². The van der Waals surface area contributed by atoms with Gasteiger partial charge in [-0.15, -0.1) is 11.8 Å². The summed E-state index contributed by atoms with van der Waals surface area (Å²) in [4.78, 5) is 14.8. The van der Waals surface area contributed by atoms with Gasteiger partial charge in [0.15, 0.2) is 0 Å². The largest absolute Gasteiger partial charge is 0.323 e. The molecule has 1 heterocycles. The average molecular weight is 340 g/mol. The van der Waals surface area contributed by atoms with E-state index in [0.717, 1.165) is 23.5 Å². The SMILES string of the molecule is Cc1ccc(NC(=O)N2CCS[C@@H]2c2ccc(C)cc2C)c(C)c1. The summed E-state index contributed by atoms with van der Waals surface area (Å²) in [5.41, 5.74) is 6.93. The number of nitrogens with one attached hydrogen (secondary N) is 1. The molecule has 4 heteroatoms. The average Bonchev–Trinajstić information content (AvgIpc) is 2.99. The molecule has 2 aromatic rings. The first-order chi connectivity index (χ1) is 11.5. The van der Waals surface area contributed by atoms with Crippen LogP contribution in [0.25, 0.3) is 0 Å². The molecular formula is C20H24N2OS. The van der Waals surface area contributed by atoms with Crippen molar-refractivity contribution in [1.82, 2.24) is 4.90 Å². The molecule has 126 valence electrons. The second-order valence-corrected chi connectivity index (χ2v) is 7.71. The van der Waals surface area contributed by atoms with Gasteiger partial charge in [0.05, 0.1) is 0 Å². The highest BCUT2D eigenvalue weighted by Gasteiger charge is 2.31. The van der Waals surface area contributed by atoms with Crippen LogP contribution in [-0.2, 0) is 0 Å². The Bertz CT molecular complexity index is 772. The first-order valence-electron chi connectivity index (χ1n) is 8.29. The first-order valence-corrected chi connectivity index (χ1v) is 9.34. The third kappa shape index (κ3) is 3.44. The zero-order valence-corrected chi connectivity index (χ0v) is 15.5. The number of benzene rings is 2. The van der Waals surface area contributed by atoms with Crippen LogP contribution in [0.2, 0.25) is 0 Å². The van der Waals surface area contributed by atoms with E-state index in [2.05, 4.69) is 50.4 Å². The molecule has 1 aliphatic heterocycles. The summed E-state index contributed by atoms with van der Waals surface area (Å²) in [5.74, 6) is 0.971. The predicted octanol–water partition coefficient (Wildman–Crippen LogP) is 5.20. The lowest BCUT2D eigenvalue weighted by molar-refractivity contribution is 0.214. The van der Waals surface area contributed by atoms with E-state index < -0.39 is 0 Å². The van der Waals surface area contributed by atoms with E-state index in [-0.39, 0.29) is 11.4 Å². The van der Waals surface area contributed by atoms with Crippen LogP contribution in [0.15, 0.2) is 36.4 Å². The Morgan fingerprint density at radius 3 is 2.38 bits per heavy atom. The molecule has 1 atom stereocenters. The number of urea groups is 1. The molecule has 0 saturated carbocycles. The minimum absolute atomic E-state index is 0.0167. The maximum Gasteiger partial charge on any atom is 0.323 e. The molecule has 1 aliphatic rings. The number of thioether (sulfide) groups is 1. The number of anilines is 1. The molecule has 1 saturated heterocycles. The van der Waals surface area contributed by atoms with Crippen LogP contribution in [0.1, 0.15) is 33.2 Å². The van der Waals surface area contributed by atoms with Crippen LogP contribution in [0.5, 0.6) is 0 Å². The number of hydrogen-bond donors (Lipinski definition) is 1. The van der Waals surface area contributed by atoms with Crippen LogP contribution in [0, 0.1) is 27.7 Å². The van der Waals surface area contributed by atoms with Crippen molar-refractivity contribution < 1.29 is 4.79 Å². The summed E-state index contributed by atoms with van der Waals surface area (Å²) in [5, 5.41) is 3.18. The molecular weight excluding hydrogens is 316 g/mol. The van der Waals surface area contributed by atoms with Crippen LogP contribution in [-0.4, -0.2) is 23.2 Å². The Labute approximate surface area is 148 Å². The maximum absolute atomic E-state index is 12.8. The van der Waals surface area contributed by atoms with Gasteiger partial charge in [0.2, 0.25) is 0 Å². The van der Waals surface area contributed by atoms with Crippen molar-refractivity contribution in [2.24, 2.45) is 0 Å². The van der Waals surface area contributed by atoms with Crippen molar-refractivity contribution in [3.63, 3.8) is 0 Å². The van der Waals surface area contributed by atoms with Gasteiger partial charge in [-0.2, -0.15) is 0 Å². The topological polar surface area (TPSA) is 32.3 Å². The van der Waals surface area contributed by atoms with Gasteiger partial charge in [-0.1, -0.05) is 41.5 Å². The van der Waals surface area contributed by atoms with Crippen LogP contribution < -0.4 is 5.32 Å². The van der Waals surface area contributed by atoms with Gasteiger partial charge in [0, 0.05) is 18.0 Å². The van der Waals surface area contributed by atoms with Crippen molar-refractivity contribution in [2.45, 2.75) is 33.1 Å². The molecule has 1 fully saturated rings. The molecule has 1 N–H and O–H groups in total. The lowest BCUT2D eigenvalue weighted by atomic mass is 10.1. The minimum Gasteiger partial charge on any atom is -0.308 e. The molecule has 3 nitrogen and oxygen atoms in total. The summed E-state index contributed by atoms with van der Waals surface area (Å²) in [6.07, 6.45) is 0. The Balaban J connectivity index is 1.81. The first kappa shape index (κ1) is 16.9. The monoisotopic (exact) mass is 340 g/mol. The molecule has 2 aromatic carbocycles. The van der Waals surface area contributed by atoms with E-state index in [1.165, 1.54) is 22.3 Å². The second kappa shape index (κ2) is 6.89. The molecule has 0 spiro atoms. The Morgan fingerprint density at radius 2 is 1.71 bits per heavy atom. The van der Waals surface area contributed by atoms with E-state index in [1.807, 2.05) is 35.7 Å². The van der Waals surface area contributed by atoms with Gasteiger partial charge in [-0.25, -0.2) is 4.79 Å². The zero-order valence-electron chi connectivity index (χ0n) is 14.7. The fourth-order valence-electron chi connectivity index (χ4n) is 3.18. The number of aryl methyl sites for hydroxylation is 4. The van der Waals surface area contributed by atoms with Gasteiger partial charge in [0.25, 0.3) is 0 Å². The summed E-state index contributed by atoms with van der Waals surface area (Å²) < 4.78 is 0. The maximum atomic E-state index is 12.8. The molecule has 0 bridgehead atoms. The Hall–Kier alpha value is -1.94. The molecule has 0 unspecified atom stereocenters. The number of nitrogens with zero attached hydrogens (tertiary/aromatic N) is 1. The fourth-order valence-corrected chi connectivity index (χ4v) is 4.53. The normalized spacial score (nSPS) is 17.2. The standard InChI is InChI=1S/C20H24N2OS/c1-13-5-7-17(15(3)11-13)19-22(9-10-24-19)20(23)21-18-8-6-14(2)12-16(18)4/h5-8,11-12,19H,9-10H2,1-4H3,(H,21,23)/t19-/m1/s1. The van der Waals surface area contributed by atoms with Crippen molar-refractivity contribution in [3.8, 4) is 0 Å². The van der Waals surface area contributed by atoms with Crippen molar-refractivity contribution >= 4 is 23.5 Å². The molecule has 0 aliphatic carbocycles. The quantitative estimate of drug-likeness (QED) is 0.815. The van der Waals surface area contributed by atoms with E-state index in [0.29, 0.717) is 0 Å². The highest BCUT2D eigenvalue weighted by molar-refractivity contribution is 7.99. The highest BCUT2D eigenvalue weighted by atomic mass is 32.2. The number of rotatable bonds is 2. The van der Waals surface area contributed by atoms with Crippen LogP contribution in [0.3, 0.4) is 0 Å². The smallest absolute Gasteiger partial charge is 0.308 e. The van der Waals surface area contributed by atoms with Gasteiger partial charge in [-0.3, -0.25) is 0 Å². The van der Waals surface area contributed by atoms with Crippen LogP contribution in [0.4, 0.5) is 10.5 Å². The number of amides is 2. The molecule has 0 radical (unpaired) electrons. The van der Waals surface area contributed by atoms with E-state index >= 15 is 0 Å².